The number of hydrogen-bond donors (Lipinski definition) is 2. The van der Waals surface area contributed by atoms with Crippen LogP contribution in [0.15, 0.2) is 43.0 Å². The summed E-state index contributed by atoms with van der Waals surface area (Å²) in [5, 5.41) is 14.1. The van der Waals surface area contributed by atoms with E-state index in [1.54, 1.807) is 6.08 Å². The number of imide groups is 1. The molecule has 7 unspecified atom stereocenters. The molecule has 3 amide bonds. The molecule has 1 heterocycles. The Labute approximate surface area is 254 Å². The summed E-state index contributed by atoms with van der Waals surface area (Å²) < 4.78 is 11.5. The van der Waals surface area contributed by atoms with Gasteiger partial charge in [-0.15, -0.1) is 6.58 Å². The number of benzene rings is 1. The minimum absolute atomic E-state index is 0.0861. The van der Waals surface area contributed by atoms with Crippen LogP contribution < -0.4 is 5.32 Å². The maximum Gasteiger partial charge on any atom is 0.414 e. The molecule has 4 aliphatic rings. The van der Waals surface area contributed by atoms with Crippen LogP contribution in [0.1, 0.15) is 71.8 Å². The molecule has 1 aromatic rings. The molecular formula is C34H46N2O7. The molecule has 2 bridgehead atoms. The van der Waals surface area contributed by atoms with E-state index in [2.05, 4.69) is 32.7 Å². The van der Waals surface area contributed by atoms with E-state index in [1.165, 1.54) is 4.90 Å². The fourth-order valence-corrected chi connectivity index (χ4v) is 8.81. The Morgan fingerprint density at radius 1 is 1.14 bits per heavy atom. The van der Waals surface area contributed by atoms with Crippen LogP contribution in [0.25, 0.3) is 0 Å². The van der Waals surface area contributed by atoms with Crippen molar-refractivity contribution in [2.24, 2.45) is 39.9 Å². The van der Waals surface area contributed by atoms with Crippen LogP contribution in [0.2, 0.25) is 0 Å². The van der Waals surface area contributed by atoms with Gasteiger partial charge in [0, 0.05) is 36.3 Å². The second-order valence-corrected chi connectivity index (χ2v) is 13.9. The first-order valence-electron chi connectivity index (χ1n) is 15.7. The molecule has 1 aliphatic heterocycles. The van der Waals surface area contributed by atoms with E-state index in [-0.39, 0.29) is 48.5 Å². The van der Waals surface area contributed by atoms with Gasteiger partial charge in [0.15, 0.2) is 0 Å². The van der Waals surface area contributed by atoms with Crippen molar-refractivity contribution >= 4 is 23.9 Å². The molecule has 2 N–H and O–H groups in total. The van der Waals surface area contributed by atoms with E-state index in [0.29, 0.717) is 25.8 Å². The van der Waals surface area contributed by atoms with Crippen molar-refractivity contribution in [3.05, 3.63) is 48.6 Å². The van der Waals surface area contributed by atoms with Gasteiger partial charge in [0.2, 0.25) is 5.91 Å². The van der Waals surface area contributed by atoms with E-state index in [4.69, 9.17) is 9.47 Å². The first-order valence-corrected chi connectivity index (χ1v) is 15.7. The van der Waals surface area contributed by atoms with Gasteiger partial charge in [-0.3, -0.25) is 14.9 Å². The summed E-state index contributed by atoms with van der Waals surface area (Å²) in [5.41, 5.74) is -0.938. The number of likely N-dealkylation sites (tertiary alicyclic amines) is 1. The zero-order valence-corrected chi connectivity index (χ0v) is 25.8. The monoisotopic (exact) mass is 594 g/mol. The van der Waals surface area contributed by atoms with Crippen LogP contribution in [0.4, 0.5) is 9.59 Å². The van der Waals surface area contributed by atoms with Crippen molar-refractivity contribution < 1.29 is 33.8 Å². The number of amides is 3. The lowest BCUT2D eigenvalue weighted by molar-refractivity contribution is -0.191. The van der Waals surface area contributed by atoms with Gasteiger partial charge < -0.3 is 19.5 Å². The van der Waals surface area contributed by atoms with Crippen LogP contribution in [-0.4, -0.2) is 59.2 Å². The van der Waals surface area contributed by atoms with Crippen LogP contribution >= 0.6 is 0 Å². The molecule has 0 spiro atoms. The lowest BCUT2D eigenvalue weighted by Gasteiger charge is -2.61. The quantitative estimate of drug-likeness (QED) is 0.446. The molecule has 3 saturated carbocycles. The Morgan fingerprint density at radius 2 is 1.86 bits per heavy atom. The van der Waals surface area contributed by atoms with Crippen molar-refractivity contribution in [2.45, 2.75) is 85.0 Å². The number of nitrogens with one attached hydrogen (secondary N) is 1. The molecule has 1 aromatic carbocycles. The number of Topliss-reactive ketones (excluding diaryl/α,β-unsaturated/α-hetero) is 1. The number of alkyl carbamates (subject to hydrolysis) is 1. The van der Waals surface area contributed by atoms with Crippen LogP contribution in [0.5, 0.6) is 0 Å². The third-order valence-corrected chi connectivity index (χ3v) is 11.8. The van der Waals surface area contributed by atoms with Crippen molar-refractivity contribution in [1.82, 2.24) is 10.2 Å². The van der Waals surface area contributed by atoms with E-state index >= 15 is 0 Å². The number of hydrogen-bond acceptors (Lipinski definition) is 7. The fourth-order valence-electron chi connectivity index (χ4n) is 8.81. The van der Waals surface area contributed by atoms with Gasteiger partial charge in [-0.2, -0.15) is 0 Å². The minimum Gasteiger partial charge on any atom is -0.445 e. The second kappa shape index (κ2) is 11.7. The van der Waals surface area contributed by atoms with Crippen molar-refractivity contribution in [3.8, 4) is 0 Å². The molecule has 0 radical (unpaired) electrons. The number of ketones is 1. The van der Waals surface area contributed by atoms with Gasteiger partial charge in [-0.1, -0.05) is 64.1 Å². The summed E-state index contributed by atoms with van der Waals surface area (Å²) in [6.45, 7) is 12.8. The molecule has 3 aliphatic carbocycles. The highest BCUT2D eigenvalue weighted by Crippen LogP contribution is 2.68. The molecule has 234 valence electrons. The van der Waals surface area contributed by atoms with Gasteiger partial charge in [0.25, 0.3) is 0 Å². The number of rotatable bonds is 5. The van der Waals surface area contributed by atoms with E-state index in [1.807, 2.05) is 37.3 Å². The predicted molar refractivity (Wildman–Crippen MR) is 159 cm³/mol. The highest BCUT2D eigenvalue weighted by atomic mass is 16.6. The Hall–Kier alpha value is -3.20. The van der Waals surface area contributed by atoms with Crippen molar-refractivity contribution in [2.75, 3.05) is 13.1 Å². The Balaban J connectivity index is 1.28. The van der Waals surface area contributed by atoms with E-state index in [0.717, 1.165) is 18.4 Å². The summed E-state index contributed by atoms with van der Waals surface area (Å²) in [5.74, 6) is -1.30. The van der Waals surface area contributed by atoms with Gasteiger partial charge in [0.1, 0.15) is 18.5 Å². The summed E-state index contributed by atoms with van der Waals surface area (Å²) in [7, 11) is 0. The Morgan fingerprint density at radius 3 is 2.56 bits per heavy atom. The average molecular weight is 595 g/mol. The highest BCUT2D eigenvalue weighted by Gasteiger charge is 2.68. The summed E-state index contributed by atoms with van der Waals surface area (Å²) in [4.78, 5) is 54.1. The van der Waals surface area contributed by atoms with Gasteiger partial charge in [-0.05, 0) is 54.9 Å². The standard InChI is InChI=1S/C34H46N2O7/c1-6-32(4)18-26(33(5)21(2)12-15-34(22(3)28(32)38)16-13-25(37)27(33)34)43-30(40)35-29(39)24-14-17-36(19-24)31(41)42-20-23-10-8-7-9-11-23/h6-11,21-22,24,26-28,38H,1,12-20H2,2-5H3,(H,35,39,40)/t21?,22?,24?,26?,27?,28-,32+,33?,34?/m1/s1. The Kier molecular flexibility index (Phi) is 8.51. The maximum atomic E-state index is 13.6. The molecule has 43 heavy (non-hydrogen) atoms. The van der Waals surface area contributed by atoms with Crippen LogP contribution in [0.3, 0.4) is 0 Å². The van der Waals surface area contributed by atoms with E-state index in [9.17, 15) is 24.3 Å². The van der Waals surface area contributed by atoms with Crippen molar-refractivity contribution in [3.63, 3.8) is 0 Å². The van der Waals surface area contributed by atoms with Crippen molar-refractivity contribution in [1.29, 1.82) is 0 Å². The minimum atomic E-state index is -0.871. The molecular weight excluding hydrogens is 548 g/mol. The maximum absolute atomic E-state index is 13.6. The second-order valence-electron chi connectivity index (χ2n) is 13.9. The molecule has 9 heteroatoms. The molecule has 1 saturated heterocycles. The third-order valence-electron chi connectivity index (χ3n) is 11.8. The summed E-state index contributed by atoms with van der Waals surface area (Å²) in [6.07, 6.45) is 2.45. The zero-order valence-electron chi connectivity index (χ0n) is 25.8. The largest absolute Gasteiger partial charge is 0.445 e. The average Bonchev–Trinajstić information content (AvgIpc) is 3.63. The van der Waals surface area contributed by atoms with E-state index < -0.39 is 47.0 Å². The van der Waals surface area contributed by atoms with Gasteiger partial charge >= 0.3 is 12.2 Å². The normalized spacial score (nSPS) is 38.8. The molecule has 5 rings (SSSR count). The van der Waals surface area contributed by atoms with Crippen LogP contribution in [0, 0.1) is 39.9 Å². The molecule has 0 aromatic heterocycles. The van der Waals surface area contributed by atoms with Crippen LogP contribution in [-0.2, 0) is 25.7 Å². The topological polar surface area (TPSA) is 122 Å². The molecule has 9 nitrogen and oxygen atoms in total. The van der Waals surface area contributed by atoms with Gasteiger partial charge in [-0.25, -0.2) is 9.59 Å². The molecule has 4 fully saturated rings. The number of nitrogens with zero attached hydrogens (tertiary/aromatic N) is 1. The number of aliphatic hydroxyl groups excluding tert-OH is 1. The molecule has 9 atom stereocenters. The number of carbonyl (C=O) groups is 4. The summed E-state index contributed by atoms with van der Waals surface area (Å²) >= 11 is 0. The first-order chi connectivity index (χ1) is 20.4. The van der Waals surface area contributed by atoms with Gasteiger partial charge in [0.05, 0.1) is 12.0 Å². The fraction of sp³-hybridized carbons (Fsp3) is 0.647. The number of aliphatic hydroxyl groups is 1. The lowest BCUT2D eigenvalue weighted by Crippen LogP contribution is -2.63. The predicted octanol–water partition coefficient (Wildman–Crippen LogP) is 5.26. The number of carbonyl (C=O) groups excluding carboxylic acids is 4. The Bertz CT molecular complexity index is 1270. The first kappa shape index (κ1) is 31.2. The number of ether oxygens (including phenoxy) is 2. The smallest absolute Gasteiger partial charge is 0.414 e. The summed E-state index contributed by atoms with van der Waals surface area (Å²) in [6, 6.07) is 9.35. The third kappa shape index (κ3) is 5.38. The highest BCUT2D eigenvalue weighted by molar-refractivity contribution is 5.93. The lowest BCUT2D eigenvalue weighted by atomic mass is 9.44. The zero-order chi connectivity index (χ0) is 31.2. The SMILES string of the molecule is C=C[C@@]1(C)CC(OC(=O)NC(=O)C2CCN(C(=O)OCc3ccccc3)C2)C2(C)C(C)CCC3(CCC(=O)C32)C(C)[C@H]1O.